The first-order valence-electron chi connectivity index (χ1n) is 6.96. The Labute approximate surface area is 141 Å². The first-order chi connectivity index (χ1) is 11.1. The van der Waals surface area contributed by atoms with Crippen LogP contribution in [0.25, 0.3) is 0 Å². The maximum Gasteiger partial charge on any atom is 0.182 e. The lowest BCUT2D eigenvalue weighted by Crippen LogP contribution is -2.10. The molecular weight excluding hydrogens is 352 g/mol. The standard InChI is InChI=1S/C16H18O6S2/c1-23(18,19)13-7-5-6-12(10-13)11-22-16(17)14-8-3-4-9-15(14)24(2,20)21/h3-10,16-17H,11H2,1-2H3. The Morgan fingerprint density at radius 2 is 1.62 bits per heavy atom. The van der Waals surface area contributed by atoms with Crippen LogP contribution in [0.3, 0.4) is 0 Å². The second-order valence-corrected chi connectivity index (χ2v) is 9.39. The van der Waals surface area contributed by atoms with Gasteiger partial charge in [0.1, 0.15) is 0 Å². The summed E-state index contributed by atoms with van der Waals surface area (Å²) in [4.78, 5) is 0.136. The van der Waals surface area contributed by atoms with E-state index in [0.29, 0.717) is 5.56 Å². The van der Waals surface area contributed by atoms with Crippen LogP contribution in [0, 0.1) is 0 Å². The zero-order chi connectivity index (χ0) is 18.0. The van der Waals surface area contributed by atoms with E-state index in [0.717, 1.165) is 12.5 Å². The van der Waals surface area contributed by atoms with Crippen molar-refractivity contribution in [2.45, 2.75) is 22.7 Å². The fourth-order valence-electron chi connectivity index (χ4n) is 2.15. The molecule has 0 aromatic heterocycles. The van der Waals surface area contributed by atoms with Crippen molar-refractivity contribution >= 4 is 19.7 Å². The topological polar surface area (TPSA) is 97.7 Å². The number of benzene rings is 2. The fourth-order valence-corrected chi connectivity index (χ4v) is 3.77. The minimum atomic E-state index is -3.51. The highest BCUT2D eigenvalue weighted by Crippen LogP contribution is 2.24. The Bertz CT molecular complexity index is 933. The van der Waals surface area contributed by atoms with E-state index in [1.54, 1.807) is 24.3 Å². The van der Waals surface area contributed by atoms with Crippen LogP contribution in [0.1, 0.15) is 17.4 Å². The van der Waals surface area contributed by atoms with E-state index in [2.05, 4.69) is 0 Å². The van der Waals surface area contributed by atoms with Gasteiger partial charge in [-0.3, -0.25) is 0 Å². The second kappa shape index (κ2) is 7.02. The van der Waals surface area contributed by atoms with E-state index in [1.165, 1.54) is 24.3 Å². The molecule has 0 fully saturated rings. The molecule has 2 aromatic carbocycles. The molecule has 0 aliphatic carbocycles. The molecule has 0 heterocycles. The molecule has 0 aliphatic rings. The van der Waals surface area contributed by atoms with E-state index in [1.807, 2.05) is 0 Å². The number of sulfone groups is 2. The molecule has 2 rings (SSSR count). The van der Waals surface area contributed by atoms with Crippen molar-refractivity contribution in [1.29, 1.82) is 0 Å². The third-order valence-electron chi connectivity index (χ3n) is 3.32. The van der Waals surface area contributed by atoms with E-state index in [4.69, 9.17) is 4.74 Å². The second-order valence-electron chi connectivity index (χ2n) is 5.39. The molecule has 0 bridgehead atoms. The molecule has 2 aromatic rings. The number of hydrogen-bond donors (Lipinski definition) is 1. The smallest absolute Gasteiger partial charge is 0.182 e. The molecule has 6 nitrogen and oxygen atoms in total. The molecule has 0 amide bonds. The minimum Gasteiger partial charge on any atom is -0.364 e. The molecule has 0 radical (unpaired) electrons. The number of aliphatic hydroxyl groups excluding tert-OH is 1. The van der Waals surface area contributed by atoms with Gasteiger partial charge in [-0.1, -0.05) is 30.3 Å². The van der Waals surface area contributed by atoms with Gasteiger partial charge in [-0.15, -0.1) is 0 Å². The Hall–Kier alpha value is -1.74. The third kappa shape index (κ3) is 4.64. The summed E-state index contributed by atoms with van der Waals surface area (Å²) in [7, 11) is -6.85. The Kier molecular flexibility index (Phi) is 5.44. The van der Waals surface area contributed by atoms with Crippen LogP contribution in [-0.2, 0) is 31.0 Å². The molecule has 0 aliphatic heterocycles. The fraction of sp³-hybridized carbons (Fsp3) is 0.250. The largest absolute Gasteiger partial charge is 0.364 e. The van der Waals surface area contributed by atoms with Crippen LogP contribution < -0.4 is 0 Å². The summed E-state index contributed by atoms with van der Waals surface area (Å²) in [5.41, 5.74) is 0.688. The maximum absolute atomic E-state index is 11.8. The molecule has 1 N–H and O–H groups in total. The summed E-state index contributed by atoms with van der Waals surface area (Å²) in [5.74, 6) is 0. The predicted octanol–water partition coefficient (Wildman–Crippen LogP) is 1.70. The van der Waals surface area contributed by atoms with Crippen molar-refractivity contribution in [3.8, 4) is 0 Å². The Morgan fingerprint density at radius 1 is 0.958 bits per heavy atom. The van der Waals surface area contributed by atoms with E-state index in [9.17, 15) is 21.9 Å². The Balaban J connectivity index is 2.20. The molecule has 0 saturated heterocycles. The number of aliphatic hydroxyl groups is 1. The molecule has 1 unspecified atom stereocenters. The molecular formula is C16H18O6S2. The molecule has 8 heteroatoms. The van der Waals surface area contributed by atoms with Gasteiger partial charge >= 0.3 is 0 Å². The van der Waals surface area contributed by atoms with Crippen molar-refractivity contribution < 1.29 is 26.7 Å². The lowest BCUT2D eigenvalue weighted by Gasteiger charge is -2.15. The Morgan fingerprint density at radius 3 is 2.25 bits per heavy atom. The van der Waals surface area contributed by atoms with Gasteiger partial charge < -0.3 is 9.84 Å². The molecule has 0 saturated carbocycles. The molecule has 24 heavy (non-hydrogen) atoms. The van der Waals surface area contributed by atoms with Crippen LogP contribution in [-0.4, -0.2) is 34.5 Å². The van der Waals surface area contributed by atoms with Gasteiger partial charge in [-0.25, -0.2) is 16.8 Å². The van der Waals surface area contributed by atoms with Crippen LogP contribution in [0.15, 0.2) is 58.3 Å². The number of ether oxygens (including phenoxy) is 1. The number of hydrogen-bond acceptors (Lipinski definition) is 6. The van der Waals surface area contributed by atoms with Gasteiger partial charge in [-0.05, 0) is 23.8 Å². The zero-order valence-corrected chi connectivity index (χ0v) is 14.8. The maximum atomic E-state index is 11.8. The van der Waals surface area contributed by atoms with Gasteiger partial charge in [0.25, 0.3) is 0 Å². The van der Waals surface area contributed by atoms with Crippen molar-refractivity contribution in [2.75, 3.05) is 12.5 Å². The van der Waals surface area contributed by atoms with Gasteiger partial charge in [-0.2, -0.15) is 0 Å². The normalized spacial score (nSPS) is 13.6. The summed E-state index contributed by atoms with van der Waals surface area (Å²) in [6.45, 7) is -0.0668. The van der Waals surface area contributed by atoms with Crippen LogP contribution in [0.5, 0.6) is 0 Å². The SMILES string of the molecule is CS(=O)(=O)c1cccc(COC(O)c2ccccc2S(C)(=O)=O)c1. The van der Waals surface area contributed by atoms with Crippen LogP contribution in [0.2, 0.25) is 0 Å². The van der Waals surface area contributed by atoms with Gasteiger partial charge in [0.15, 0.2) is 26.0 Å². The average Bonchev–Trinajstić information content (AvgIpc) is 2.51. The summed E-state index contributed by atoms with van der Waals surface area (Å²) < 4.78 is 51.9. The average molecular weight is 370 g/mol. The molecule has 130 valence electrons. The van der Waals surface area contributed by atoms with Crippen molar-refractivity contribution in [2.24, 2.45) is 0 Å². The van der Waals surface area contributed by atoms with Crippen molar-refractivity contribution in [1.82, 2.24) is 0 Å². The van der Waals surface area contributed by atoms with Crippen molar-refractivity contribution in [3.05, 3.63) is 59.7 Å². The van der Waals surface area contributed by atoms with E-state index < -0.39 is 26.0 Å². The van der Waals surface area contributed by atoms with Gasteiger partial charge in [0.2, 0.25) is 0 Å². The number of rotatable bonds is 6. The first kappa shape index (κ1) is 18.6. The van der Waals surface area contributed by atoms with E-state index in [-0.39, 0.29) is 22.0 Å². The highest BCUT2D eigenvalue weighted by molar-refractivity contribution is 7.91. The summed E-state index contributed by atoms with van der Waals surface area (Å²) in [6, 6.07) is 12.2. The lowest BCUT2D eigenvalue weighted by molar-refractivity contribution is -0.113. The summed E-state index contributed by atoms with van der Waals surface area (Å²) in [6.07, 6.45) is 0.705. The highest BCUT2D eigenvalue weighted by atomic mass is 32.2. The first-order valence-corrected chi connectivity index (χ1v) is 10.7. The summed E-state index contributed by atoms with van der Waals surface area (Å²) in [5, 5.41) is 10.2. The van der Waals surface area contributed by atoms with E-state index >= 15 is 0 Å². The van der Waals surface area contributed by atoms with Crippen molar-refractivity contribution in [3.63, 3.8) is 0 Å². The third-order valence-corrected chi connectivity index (χ3v) is 5.60. The molecule has 0 spiro atoms. The van der Waals surface area contributed by atoms with Gasteiger partial charge in [0.05, 0.1) is 16.4 Å². The quantitative estimate of drug-likeness (QED) is 0.777. The summed E-state index contributed by atoms with van der Waals surface area (Å²) >= 11 is 0. The lowest BCUT2D eigenvalue weighted by atomic mass is 10.2. The minimum absolute atomic E-state index is 0.0117. The zero-order valence-electron chi connectivity index (χ0n) is 13.2. The highest BCUT2D eigenvalue weighted by Gasteiger charge is 2.19. The predicted molar refractivity (Wildman–Crippen MR) is 88.9 cm³/mol. The van der Waals surface area contributed by atoms with Crippen LogP contribution >= 0.6 is 0 Å². The molecule has 1 atom stereocenters. The van der Waals surface area contributed by atoms with Crippen LogP contribution in [0.4, 0.5) is 0 Å². The van der Waals surface area contributed by atoms with Gasteiger partial charge in [0, 0.05) is 18.1 Å². The monoisotopic (exact) mass is 370 g/mol.